The number of Topliss-reactive ketones (excluding diaryl/α,β-unsaturated/α-hetero) is 1. The standard InChI is InChI=1S/C13H18O2/c1-10(14)9-15-12-7-5-6-11(8-12)13(2,3)4/h5-8H,9H2,1-4H3. The molecule has 0 saturated heterocycles. The smallest absolute Gasteiger partial charge is 0.167 e. The van der Waals surface area contributed by atoms with Gasteiger partial charge in [-0.1, -0.05) is 32.9 Å². The monoisotopic (exact) mass is 206 g/mol. The van der Waals surface area contributed by atoms with Gasteiger partial charge in [0.05, 0.1) is 0 Å². The van der Waals surface area contributed by atoms with E-state index in [9.17, 15) is 4.79 Å². The fourth-order valence-corrected chi connectivity index (χ4v) is 1.24. The first kappa shape index (κ1) is 11.8. The lowest BCUT2D eigenvalue weighted by molar-refractivity contribution is -0.118. The highest BCUT2D eigenvalue weighted by molar-refractivity contribution is 5.77. The molecule has 0 aliphatic heterocycles. The topological polar surface area (TPSA) is 26.3 Å². The highest BCUT2D eigenvalue weighted by Crippen LogP contribution is 2.25. The van der Waals surface area contributed by atoms with E-state index in [4.69, 9.17) is 4.74 Å². The summed E-state index contributed by atoms with van der Waals surface area (Å²) in [7, 11) is 0. The molecule has 82 valence electrons. The van der Waals surface area contributed by atoms with Crippen molar-refractivity contribution >= 4 is 5.78 Å². The van der Waals surface area contributed by atoms with Crippen LogP contribution in [-0.2, 0) is 10.2 Å². The van der Waals surface area contributed by atoms with Crippen LogP contribution in [0.3, 0.4) is 0 Å². The zero-order chi connectivity index (χ0) is 11.5. The number of ketones is 1. The molecule has 0 bridgehead atoms. The Hall–Kier alpha value is -1.31. The number of hydrogen-bond acceptors (Lipinski definition) is 2. The van der Waals surface area contributed by atoms with Crippen LogP contribution in [-0.4, -0.2) is 12.4 Å². The molecule has 0 N–H and O–H groups in total. The summed E-state index contributed by atoms with van der Waals surface area (Å²) in [5.41, 5.74) is 1.32. The Morgan fingerprint density at radius 3 is 2.53 bits per heavy atom. The van der Waals surface area contributed by atoms with Crippen LogP contribution < -0.4 is 4.74 Å². The molecule has 0 aliphatic carbocycles. The second-order valence-corrected chi connectivity index (χ2v) is 4.77. The van der Waals surface area contributed by atoms with Crippen LogP contribution in [0.25, 0.3) is 0 Å². The van der Waals surface area contributed by atoms with Gasteiger partial charge in [-0.15, -0.1) is 0 Å². The Bertz CT molecular complexity index is 348. The van der Waals surface area contributed by atoms with E-state index in [0.29, 0.717) is 0 Å². The average molecular weight is 206 g/mol. The van der Waals surface area contributed by atoms with Crippen LogP contribution >= 0.6 is 0 Å². The second-order valence-electron chi connectivity index (χ2n) is 4.77. The second kappa shape index (κ2) is 4.47. The molecule has 0 aromatic heterocycles. The summed E-state index contributed by atoms with van der Waals surface area (Å²) in [4.78, 5) is 10.8. The van der Waals surface area contributed by atoms with Crippen LogP contribution in [0.2, 0.25) is 0 Å². The number of rotatable bonds is 3. The van der Waals surface area contributed by atoms with Gasteiger partial charge in [0.1, 0.15) is 12.4 Å². The molecule has 2 heteroatoms. The molecule has 2 nitrogen and oxygen atoms in total. The minimum absolute atomic E-state index is 0.0381. The van der Waals surface area contributed by atoms with E-state index in [1.54, 1.807) is 0 Å². The van der Waals surface area contributed by atoms with Gasteiger partial charge in [-0.25, -0.2) is 0 Å². The van der Waals surface area contributed by atoms with Crippen LogP contribution in [0, 0.1) is 0 Å². The third kappa shape index (κ3) is 3.74. The molecular formula is C13H18O2. The SMILES string of the molecule is CC(=O)COc1cccc(C(C)(C)C)c1. The lowest BCUT2D eigenvalue weighted by Crippen LogP contribution is -2.12. The summed E-state index contributed by atoms with van der Waals surface area (Å²) in [6.45, 7) is 8.12. The maximum atomic E-state index is 10.8. The number of benzene rings is 1. The molecule has 0 atom stereocenters. The van der Waals surface area contributed by atoms with E-state index in [1.165, 1.54) is 12.5 Å². The van der Waals surface area contributed by atoms with Gasteiger partial charge < -0.3 is 4.74 Å². The van der Waals surface area contributed by atoms with Gasteiger partial charge in [-0.3, -0.25) is 4.79 Å². The molecule has 15 heavy (non-hydrogen) atoms. The van der Waals surface area contributed by atoms with Crippen molar-refractivity contribution < 1.29 is 9.53 Å². The van der Waals surface area contributed by atoms with Gasteiger partial charge in [0, 0.05) is 0 Å². The maximum absolute atomic E-state index is 10.8. The van der Waals surface area contributed by atoms with Crippen molar-refractivity contribution in [3.8, 4) is 5.75 Å². The summed E-state index contributed by atoms with van der Waals surface area (Å²) in [6, 6.07) is 7.89. The van der Waals surface area contributed by atoms with Crippen molar-refractivity contribution in [3.05, 3.63) is 29.8 Å². The Balaban J connectivity index is 2.79. The van der Waals surface area contributed by atoms with Gasteiger partial charge in [0.15, 0.2) is 5.78 Å². The van der Waals surface area contributed by atoms with Crippen molar-refractivity contribution in [2.45, 2.75) is 33.1 Å². The Morgan fingerprint density at radius 2 is 2.00 bits per heavy atom. The van der Waals surface area contributed by atoms with E-state index in [2.05, 4.69) is 26.8 Å². The fourth-order valence-electron chi connectivity index (χ4n) is 1.24. The third-order valence-corrected chi connectivity index (χ3v) is 2.14. The molecule has 1 aromatic rings. The maximum Gasteiger partial charge on any atom is 0.167 e. The van der Waals surface area contributed by atoms with Crippen LogP contribution in [0.15, 0.2) is 24.3 Å². The quantitative estimate of drug-likeness (QED) is 0.760. The first-order chi connectivity index (χ1) is 6.89. The first-order valence-corrected chi connectivity index (χ1v) is 5.12. The summed E-state index contributed by atoms with van der Waals surface area (Å²) >= 11 is 0. The van der Waals surface area contributed by atoms with Crippen molar-refractivity contribution in [3.63, 3.8) is 0 Å². The average Bonchev–Trinajstić information content (AvgIpc) is 2.14. The lowest BCUT2D eigenvalue weighted by Gasteiger charge is -2.19. The highest BCUT2D eigenvalue weighted by Gasteiger charge is 2.13. The van der Waals surface area contributed by atoms with Crippen molar-refractivity contribution in [1.29, 1.82) is 0 Å². The fraction of sp³-hybridized carbons (Fsp3) is 0.462. The zero-order valence-corrected chi connectivity index (χ0v) is 9.83. The van der Waals surface area contributed by atoms with Crippen molar-refractivity contribution in [2.24, 2.45) is 0 Å². The molecule has 0 unspecified atom stereocenters. The van der Waals surface area contributed by atoms with Gasteiger partial charge >= 0.3 is 0 Å². The normalized spacial score (nSPS) is 11.2. The number of ether oxygens (including phenoxy) is 1. The number of carbonyl (C=O) groups excluding carboxylic acids is 1. The van der Waals surface area contributed by atoms with Gasteiger partial charge in [0.2, 0.25) is 0 Å². The predicted octanol–water partition coefficient (Wildman–Crippen LogP) is 2.95. The number of carbonyl (C=O) groups is 1. The molecular weight excluding hydrogens is 188 g/mol. The van der Waals surface area contributed by atoms with E-state index in [1.807, 2.05) is 18.2 Å². The molecule has 1 aromatic carbocycles. The van der Waals surface area contributed by atoms with Crippen LogP contribution in [0.5, 0.6) is 5.75 Å². The lowest BCUT2D eigenvalue weighted by atomic mass is 9.87. The third-order valence-electron chi connectivity index (χ3n) is 2.14. The molecule has 0 aliphatic rings. The van der Waals surface area contributed by atoms with E-state index in [-0.39, 0.29) is 17.8 Å². The summed E-state index contributed by atoms with van der Waals surface area (Å²) < 4.78 is 5.35. The van der Waals surface area contributed by atoms with Gasteiger partial charge in [-0.2, -0.15) is 0 Å². The van der Waals surface area contributed by atoms with Gasteiger partial charge in [-0.05, 0) is 30.0 Å². The van der Waals surface area contributed by atoms with E-state index < -0.39 is 0 Å². The Morgan fingerprint density at radius 1 is 1.33 bits per heavy atom. The minimum atomic E-state index is 0.0381. The molecule has 0 amide bonds. The summed E-state index contributed by atoms with van der Waals surface area (Å²) in [6.07, 6.45) is 0. The van der Waals surface area contributed by atoms with Crippen LogP contribution in [0.4, 0.5) is 0 Å². The highest BCUT2D eigenvalue weighted by atomic mass is 16.5. The minimum Gasteiger partial charge on any atom is -0.486 e. The number of hydrogen-bond donors (Lipinski definition) is 0. The van der Waals surface area contributed by atoms with Gasteiger partial charge in [0.25, 0.3) is 0 Å². The Kier molecular flexibility index (Phi) is 3.51. The molecule has 0 heterocycles. The molecule has 0 spiro atoms. The summed E-state index contributed by atoms with van der Waals surface area (Å²) in [5, 5.41) is 0. The first-order valence-electron chi connectivity index (χ1n) is 5.12. The predicted molar refractivity (Wildman–Crippen MR) is 61.3 cm³/mol. The molecule has 0 fully saturated rings. The Labute approximate surface area is 91.3 Å². The van der Waals surface area contributed by atoms with Crippen LogP contribution in [0.1, 0.15) is 33.3 Å². The zero-order valence-electron chi connectivity index (χ0n) is 9.83. The summed E-state index contributed by atoms with van der Waals surface area (Å²) in [5.74, 6) is 0.800. The van der Waals surface area contributed by atoms with Crippen molar-refractivity contribution in [2.75, 3.05) is 6.61 Å². The van der Waals surface area contributed by atoms with E-state index >= 15 is 0 Å². The van der Waals surface area contributed by atoms with E-state index in [0.717, 1.165) is 5.75 Å². The largest absolute Gasteiger partial charge is 0.486 e. The molecule has 0 radical (unpaired) electrons. The van der Waals surface area contributed by atoms with Crippen molar-refractivity contribution in [1.82, 2.24) is 0 Å². The molecule has 1 rings (SSSR count). The molecule has 0 saturated carbocycles.